The van der Waals surface area contributed by atoms with Crippen molar-refractivity contribution in [1.82, 2.24) is 4.98 Å². The van der Waals surface area contributed by atoms with Gasteiger partial charge in [0.1, 0.15) is 0 Å². The van der Waals surface area contributed by atoms with E-state index in [1.807, 2.05) is 30.1 Å². The third-order valence-corrected chi connectivity index (χ3v) is 4.70. The fraction of sp³-hybridized carbons (Fsp3) is 0.385. The van der Waals surface area contributed by atoms with Crippen LogP contribution in [0.2, 0.25) is 0 Å². The summed E-state index contributed by atoms with van der Waals surface area (Å²) >= 11 is 1.85. The van der Waals surface area contributed by atoms with Crippen LogP contribution in [-0.4, -0.2) is 21.1 Å². The molecule has 1 fully saturated rings. The molecule has 0 aliphatic carbocycles. The molecule has 3 rings (SSSR count). The molecule has 2 atom stereocenters. The molecule has 1 aliphatic rings. The first-order chi connectivity index (χ1) is 7.67. The Bertz CT molecular complexity index is 521. The fourth-order valence-corrected chi connectivity index (χ4v) is 3.66. The minimum atomic E-state index is -0.629. The number of thioether (sulfide) groups is 1. The Morgan fingerprint density at radius 3 is 3.06 bits per heavy atom. The summed E-state index contributed by atoms with van der Waals surface area (Å²) in [6, 6.07) is 8.24. The normalized spacial score (nSPS) is 30.0. The van der Waals surface area contributed by atoms with Gasteiger partial charge in [-0.15, -0.1) is 0 Å². The van der Waals surface area contributed by atoms with Crippen LogP contribution in [0.3, 0.4) is 0 Å². The maximum Gasteiger partial charge on any atom is 0.0997 e. The second-order valence-corrected chi connectivity index (χ2v) is 6.06. The zero-order valence-electron chi connectivity index (χ0n) is 9.23. The Labute approximate surface area is 99.1 Å². The third kappa shape index (κ3) is 1.55. The molecule has 1 aromatic carbocycles. The highest BCUT2D eigenvalue weighted by Crippen LogP contribution is 2.41. The molecule has 2 heterocycles. The van der Waals surface area contributed by atoms with Crippen LogP contribution in [0, 0.1) is 0 Å². The summed E-state index contributed by atoms with van der Waals surface area (Å²) in [6.45, 7) is 2.18. The van der Waals surface area contributed by atoms with Crippen molar-refractivity contribution < 1.29 is 5.11 Å². The fourth-order valence-electron chi connectivity index (χ4n) is 2.42. The molecule has 1 aliphatic heterocycles. The zero-order chi connectivity index (χ0) is 11.2. The van der Waals surface area contributed by atoms with Crippen LogP contribution in [-0.2, 0) is 5.60 Å². The summed E-state index contributed by atoms with van der Waals surface area (Å²) in [5.41, 5.74) is 1.55. The van der Waals surface area contributed by atoms with Crippen molar-refractivity contribution >= 4 is 22.7 Å². The lowest BCUT2D eigenvalue weighted by Gasteiger charge is -2.22. The van der Waals surface area contributed by atoms with Crippen molar-refractivity contribution in [3.05, 3.63) is 36.0 Å². The molecular weight excluding hydrogens is 218 g/mol. The van der Waals surface area contributed by atoms with E-state index in [0.29, 0.717) is 5.25 Å². The maximum atomic E-state index is 10.6. The summed E-state index contributed by atoms with van der Waals surface area (Å²) in [4.78, 5) is 3.17. The SMILES string of the molecule is CC1CC(O)(c2ccc3[nH]ccc3c2)CS1. The molecule has 84 valence electrons. The molecule has 2 aromatic rings. The van der Waals surface area contributed by atoms with E-state index in [-0.39, 0.29) is 0 Å². The molecule has 2 N–H and O–H groups in total. The topological polar surface area (TPSA) is 36.0 Å². The number of aliphatic hydroxyl groups is 1. The van der Waals surface area contributed by atoms with E-state index in [2.05, 4.69) is 24.0 Å². The summed E-state index contributed by atoms with van der Waals surface area (Å²) in [7, 11) is 0. The van der Waals surface area contributed by atoms with Crippen molar-refractivity contribution in [2.24, 2.45) is 0 Å². The molecule has 2 nitrogen and oxygen atoms in total. The van der Waals surface area contributed by atoms with Crippen LogP contribution in [0.5, 0.6) is 0 Å². The predicted octanol–water partition coefficient (Wildman–Crippen LogP) is 2.88. The van der Waals surface area contributed by atoms with Gasteiger partial charge in [0, 0.05) is 22.7 Å². The maximum absolute atomic E-state index is 10.6. The Hall–Kier alpha value is -0.930. The van der Waals surface area contributed by atoms with Crippen LogP contribution in [0.25, 0.3) is 10.9 Å². The molecule has 0 radical (unpaired) electrons. The van der Waals surface area contributed by atoms with Crippen LogP contribution in [0.4, 0.5) is 0 Å². The van der Waals surface area contributed by atoms with Gasteiger partial charge in [-0.1, -0.05) is 13.0 Å². The van der Waals surface area contributed by atoms with Crippen LogP contribution >= 0.6 is 11.8 Å². The average Bonchev–Trinajstić information content (AvgIpc) is 2.84. The lowest BCUT2D eigenvalue weighted by atomic mass is 9.91. The number of fused-ring (bicyclic) bond motifs is 1. The number of H-pyrrole nitrogens is 1. The minimum Gasteiger partial charge on any atom is -0.384 e. The van der Waals surface area contributed by atoms with Gasteiger partial charge in [0.25, 0.3) is 0 Å². The first-order valence-electron chi connectivity index (χ1n) is 5.59. The summed E-state index contributed by atoms with van der Waals surface area (Å²) in [5.74, 6) is 0.810. The van der Waals surface area contributed by atoms with Gasteiger partial charge < -0.3 is 10.1 Å². The smallest absolute Gasteiger partial charge is 0.0997 e. The number of benzene rings is 1. The standard InChI is InChI=1S/C13H15NOS/c1-9-7-13(15,8-16-9)11-2-3-12-10(6-11)4-5-14-12/h2-6,9,14-15H,7-8H2,1H3. The van der Waals surface area contributed by atoms with E-state index < -0.39 is 5.60 Å². The van der Waals surface area contributed by atoms with Gasteiger partial charge >= 0.3 is 0 Å². The van der Waals surface area contributed by atoms with Gasteiger partial charge in [0.2, 0.25) is 0 Å². The zero-order valence-corrected chi connectivity index (χ0v) is 10.1. The molecule has 16 heavy (non-hydrogen) atoms. The summed E-state index contributed by atoms with van der Waals surface area (Å²) in [6.07, 6.45) is 2.79. The highest BCUT2D eigenvalue weighted by molar-refractivity contribution is 8.00. The average molecular weight is 233 g/mol. The Kier molecular flexibility index (Phi) is 2.26. The van der Waals surface area contributed by atoms with Crippen molar-refractivity contribution in [3.63, 3.8) is 0 Å². The van der Waals surface area contributed by atoms with Crippen LogP contribution in [0.1, 0.15) is 18.9 Å². The second-order valence-electron chi connectivity index (χ2n) is 4.64. The minimum absolute atomic E-state index is 0.548. The van der Waals surface area contributed by atoms with E-state index in [4.69, 9.17) is 0 Å². The number of nitrogens with one attached hydrogen (secondary N) is 1. The van der Waals surface area contributed by atoms with Crippen molar-refractivity contribution in [3.8, 4) is 0 Å². The van der Waals surface area contributed by atoms with Gasteiger partial charge in [-0.2, -0.15) is 11.8 Å². The first-order valence-corrected chi connectivity index (χ1v) is 6.64. The van der Waals surface area contributed by atoms with Gasteiger partial charge in [0.05, 0.1) is 5.60 Å². The summed E-state index contributed by atoms with van der Waals surface area (Å²) < 4.78 is 0. The largest absolute Gasteiger partial charge is 0.384 e. The van der Waals surface area contributed by atoms with E-state index in [0.717, 1.165) is 23.3 Å². The summed E-state index contributed by atoms with van der Waals surface area (Å²) in [5, 5.41) is 12.3. The molecule has 1 aromatic heterocycles. The number of rotatable bonds is 1. The second kappa shape index (κ2) is 3.54. The predicted molar refractivity (Wildman–Crippen MR) is 68.7 cm³/mol. The van der Waals surface area contributed by atoms with Gasteiger partial charge in [0.15, 0.2) is 0 Å². The quantitative estimate of drug-likeness (QED) is 0.794. The van der Waals surface area contributed by atoms with Gasteiger partial charge in [-0.25, -0.2) is 0 Å². The molecular formula is C13H15NOS. The van der Waals surface area contributed by atoms with Gasteiger partial charge in [-0.3, -0.25) is 0 Å². The Morgan fingerprint density at radius 1 is 1.44 bits per heavy atom. The Balaban J connectivity index is 2.05. The molecule has 0 bridgehead atoms. The highest BCUT2D eigenvalue weighted by atomic mass is 32.2. The van der Waals surface area contributed by atoms with Gasteiger partial charge in [-0.05, 0) is 35.6 Å². The monoisotopic (exact) mass is 233 g/mol. The lowest BCUT2D eigenvalue weighted by Crippen LogP contribution is -2.25. The van der Waals surface area contributed by atoms with Crippen LogP contribution in [0.15, 0.2) is 30.5 Å². The lowest BCUT2D eigenvalue weighted by molar-refractivity contribution is 0.0613. The molecule has 0 saturated carbocycles. The first kappa shape index (κ1) is 10.2. The third-order valence-electron chi connectivity index (χ3n) is 3.32. The van der Waals surface area contributed by atoms with Crippen molar-refractivity contribution in [2.75, 3.05) is 5.75 Å². The van der Waals surface area contributed by atoms with E-state index in [1.165, 1.54) is 5.39 Å². The van der Waals surface area contributed by atoms with Crippen molar-refractivity contribution in [2.45, 2.75) is 24.2 Å². The molecule has 0 spiro atoms. The Morgan fingerprint density at radius 2 is 2.31 bits per heavy atom. The molecule has 1 saturated heterocycles. The highest BCUT2D eigenvalue weighted by Gasteiger charge is 2.37. The van der Waals surface area contributed by atoms with E-state index >= 15 is 0 Å². The van der Waals surface area contributed by atoms with E-state index in [1.54, 1.807) is 0 Å². The van der Waals surface area contributed by atoms with Crippen molar-refractivity contribution in [1.29, 1.82) is 0 Å². The number of hydrogen-bond acceptors (Lipinski definition) is 2. The number of hydrogen-bond donors (Lipinski definition) is 2. The number of aromatic amines is 1. The molecule has 2 unspecified atom stereocenters. The van der Waals surface area contributed by atoms with Crippen LogP contribution < -0.4 is 0 Å². The van der Waals surface area contributed by atoms with E-state index in [9.17, 15) is 5.11 Å². The number of aromatic nitrogens is 1. The molecule has 3 heteroatoms. The molecule has 0 amide bonds.